The van der Waals surface area contributed by atoms with Crippen LogP contribution >= 0.6 is 11.8 Å². The van der Waals surface area contributed by atoms with Crippen molar-refractivity contribution in [1.29, 1.82) is 0 Å². The van der Waals surface area contributed by atoms with Gasteiger partial charge >= 0.3 is 0 Å². The van der Waals surface area contributed by atoms with E-state index in [-0.39, 0.29) is 11.1 Å². The number of para-hydroxylation sites is 1. The molecule has 1 fully saturated rings. The number of hydrogen-bond acceptors (Lipinski definition) is 5. The highest BCUT2D eigenvalue weighted by Crippen LogP contribution is 2.37. The molecule has 0 spiro atoms. The Labute approximate surface area is 143 Å². The maximum absolute atomic E-state index is 12.6. The first kappa shape index (κ1) is 16.1. The van der Waals surface area contributed by atoms with Crippen molar-refractivity contribution in [2.45, 2.75) is 0 Å². The van der Waals surface area contributed by atoms with E-state index in [1.54, 1.807) is 62.8 Å². The third-order valence-corrected chi connectivity index (χ3v) is 4.40. The largest absolute Gasteiger partial charge is 0.497 e. The summed E-state index contributed by atoms with van der Waals surface area (Å²) in [7, 11) is 3.11. The number of carbonyl (C=O) groups is 2. The number of thioether (sulfide) groups is 1. The number of ether oxygens (including phenoxy) is 2. The lowest BCUT2D eigenvalue weighted by Gasteiger charge is -2.11. The summed E-state index contributed by atoms with van der Waals surface area (Å²) >= 11 is 0.906. The standard InChI is InChI=1S/C18H15NO4S/c1-22-14-8-9-15(23-2)12(10-14)11-16-17(20)19(18(21)24-16)13-6-4-3-5-7-13/h3-11H,1-2H3/b16-11-. The zero-order chi connectivity index (χ0) is 17.1. The molecule has 2 aromatic rings. The molecule has 6 heteroatoms. The van der Waals surface area contributed by atoms with Crippen LogP contribution in [-0.4, -0.2) is 25.4 Å². The number of anilines is 1. The SMILES string of the molecule is COc1ccc(OC)c(/C=C2\SC(=O)N(c3ccccc3)C2=O)c1. The second-order valence-corrected chi connectivity index (χ2v) is 5.95. The third-order valence-electron chi connectivity index (χ3n) is 3.53. The fourth-order valence-corrected chi connectivity index (χ4v) is 3.19. The summed E-state index contributed by atoms with van der Waals surface area (Å²) in [4.78, 5) is 26.4. The van der Waals surface area contributed by atoms with Gasteiger partial charge in [-0.3, -0.25) is 9.59 Å². The predicted octanol–water partition coefficient (Wildman–Crippen LogP) is 3.94. The lowest BCUT2D eigenvalue weighted by Crippen LogP contribution is -2.27. The van der Waals surface area contributed by atoms with Gasteiger partial charge in [-0.2, -0.15) is 0 Å². The van der Waals surface area contributed by atoms with Crippen LogP contribution in [0, 0.1) is 0 Å². The van der Waals surface area contributed by atoms with E-state index in [0.29, 0.717) is 27.7 Å². The van der Waals surface area contributed by atoms with Gasteiger partial charge in [0, 0.05) is 5.56 Å². The van der Waals surface area contributed by atoms with Crippen LogP contribution in [0.25, 0.3) is 6.08 Å². The first-order chi connectivity index (χ1) is 11.6. The van der Waals surface area contributed by atoms with Gasteiger partial charge in [0.2, 0.25) is 0 Å². The van der Waals surface area contributed by atoms with Crippen LogP contribution in [-0.2, 0) is 4.79 Å². The zero-order valence-corrected chi connectivity index (χ0v) is 14.0. The summed E-state index contributed by atoms with van der Waals surface area (Å²) in [5.41, 5.74) is 1.23. The quantitative estimate of drug-likeness (QED) is 0.788. The molecule has 2 aromatic carbocycles. The van der Waals surface area contributed by atoms with E-state index in [1.807, 2.05) is 6.07 Å². The Morgan fingerprint density at radius 3 is 2.42 bits per heavy atom. The molecule has 0 aromatic heterocycles. The van der Waals surface area contributed by atoms with Crippen LogP contribution in [0.3, 0.4) is 0 Å². The van der Waals surface area contributed by atoms with Crippen LogP contribution in [0.4, 0.5) is 10.5 Å². The van der Waals surface area contributed by atoms with Crippen molar-refractivity contribution in [3.8, 4) is 11.5 Å². The van der Waals surface area contributed by atoms with Gasteiger partial charge in [-0.05, 0) is 48.2 Å². The Morgan fingerprint density at radius 1 is 1.00 bits per heavy atom. The molecule has 24 heavy (non-hydrogen) atoms. The van der Waals surface area contributed by atoms with Crippen LogP contribution in [0.15, 0.2) is 53.4 Å². The Morgan fingerprint density at radius 2 is 1.75 bits per heavy atom. The molecular weight excluding hydrogens is 326 g/mol. The van der Waals surface area contributed by atoms with E-state index in [0.717, 1.165) is 11.8 Å². The average Bonchev–Trinajstić information content (AvgIpc) is 2.89. The number of methoxy groups -OCH3 is 2. The predicted molar refractivity (Wildman–Crippen MR) is 94.4 cm³/mol. The number of benzene rings is 2. The van der Waals surface area contributed by atoms with E-state index in [1.165, 1.54) is 4.90 Å². The van der Waals surface area contributed by atoms with Crippen molar-refractivity contribution in [1.82, 2.24) is 0 Å². The second kappa shape index (κ2) is 6.80. The maximum atomic E-state index is 12.6. The third kappa shape index (κ3) is 3.00. The molecule has 1 heterocycles. The number of amides is 2. The van der Waals surface area contributed by atoms with E-state index in [4.69, 9.17) is 9.47 Å². The summed E-state index contributed by atoms with van der Waals surface area (Å²) in [6, 6.07) is 14.1. The molecule has 0 atom stereocenters. The van der Waals surface area contributed by atoms with Crippen molar-refractivity contribution in [2.75, 3.05) is 19.1 Å². The molecule has 2 amide bonds. The minimum Gasteiger partial charge on any atom is -0.497 e. The van der Waals surface area contributed by atoms with Crippen molar-refractivity contribution in [2.24, 2.45) is 0 Å². The topological polar surface area (TPSA) is 55.8 Å². The molecule has 122 valence electrons. The van der Waals surface area contributed by atoms with Crippen molar-refractivity contribution < 1.29 is 19.1 Å². The smallest absolute Gasteiger partial charge is 0.298 e. The fourth-order valence-electron chi connectivity index (χ4n) is 2.36. The number of rotatable bonds is 4. The molecule has 1 aliphatic heterocycles. The minimum atomic E-state index is -0.346. The van der Waals surface area contributed by atoms with Gasteiger partial charge in [-0.1, -0.05) is 18.2 Å². The molecule has 0 aliphatic carbocycles. The van der Waals surface area contributed by atoms with Crippen molar-refractivity contribution >= 4 is 34.7 Å². The van der Waals surface area contributed by atoms with Crippen molar-refractivity contribution in [3.05, 3.63) is 59.0 Å². The summed E-state index contributed by atoms with van der Waals surface area (Å²) in [5, 5.41) is -0.320. The van der Waals surface area contributed by atoms with Crippen LogP contribution < -0.4 is 14.4 Å². The molecule has 0 radical (unpaired) electrons. The lowest BCUT2D eigenvalue weighted by atomic mass is 10.1. The van der Waals surface area contributed by atoms with Crippen LogP contribution in [0.2, 0.25) is 0 Å². The molecule has 5 nitrogen and oxygen atoms in total. The summed E-state index contributed by atoms with van der Waals surface area (Å²) in [6.45, 7) is 0. The lowest BCUT2D eigenvalue weighted by molar-refractivity contribution is -0.113. The number of carbonyl (C=O) groups excluding carboxylic acids is 2. The Kier molecular flexibility index (Phi) is 4.57. The first-order valence-electron chi connectivity index (χ1n) is 7.19. The van der Waals surface area contributed by atoms with Crippen molar-refractivity contribution in [3.63, 3.8) is 0 Å². The van der Waals surface area contributed by atoms with Gasteiger partial charge in [-0.15, -0.1) is 0 Å². The van der Waals surface area contributed by atoms with E-state index >= 15 is 0 Å². The number of imide groups is 1. The summed E-state index contributed by atoms with van der Waals surface area (Å²) in [5.74, 6) is 0.896. The Hall–Kier alpha value is -2.73. The molecule has 0 unspecified atom stereocenters. The number of hydrogen-bond donors (Lipinski definition) is 0. The average molecular weight is 341 g/mol. The molecule has 0 N–H and O–H groups in total. The van der Waals surface area contributed by atoms with Crippen LogP contribution in [0.5, 0.6) is 11.5 Å². The summed E-state index contributed by atoms with van der Waals surface area (Å²) in [6.07, 6.45) is 1.65. The molecule has 1 aliphatic rings. The van der Waals surface area contributed by atoms with Gasteiger partial charge in [0.25, 0.3) is 11.1 Å². The van der Waals surface area contributed by atoms with E-state index in [9.17, 15) is 9.59 Å². The normalized spacial score (nSPS) is 15.9. The van der Waals surface area contributed by atoms with E-state index < -0.39 is 0 Å². The molecule has 0 bridgehead atoms. The molecular formula is C18H15NO4S. The maximum Gasteiger partial charge on any atom is 0.298 e. The van der Waals surface area contributed by atoms with Gasteiger partial charge < -0.3 is 9.47 Å². The van der Waals surface area contributed by atoms with Gasteiger partial charge in [0.1, 0.15) is 11.5 Å². The minimum absolute atomic E-state index is 0.320. The molecule has 0 saturated carbocycles. The first-order valence-corrected chi connectivity index (χ1v) is 8.00. The highest BCUT2D eigenvalue weighted by Gasteiger charge is 2.36. The second-order valence-electron chi connectivity index (χ2n) is 4.96. The highest BCUT2D eigenvalue weighted by atomic mass is 32.2. The van der Waals surface area contributed by atoms with Gasteiger partial charge in [0.15, 0.2) is 0 Å². The Balaban J connectivity index is 1.98. The summed E-state index contributed by atoms with van der Waals surface area (Å²) < 4.78 is 10.5. The molecule has 1 saturated heterocycles. The van der Waals surface area contributed by atoms with Gasteiger partial charge in [-0.25, -0.2) is 4.90 Å². The molecule has 3 rings (SSSR count). The highest BCUT2D eigenvalue weighted by molar-refractivity contribution is 8.19. The zero-order valence-electron chi connectivity index (χ0n) is 13.2. The number of nitrogens with zero attached hydrogens (tertiary/aromatic N) is 1. The van der Waals surface area contributed by atoms with Gasteiger partial charge in [0.05, 0.1) is 24.8 Å². The fraction of sp³-hybridized carbons (Fsp3) is 0.111. The Bertz CT molecular complexity index is 817. The monoisotopic (exact) mass is 341 g/mol. The van der Waals surface area contributed by atoms with E-state index in [2.05, 4.69) is 0 Å². The van der Waals surface area contributed by atoms with Crippen LogP contribution in [0.1, 0.15) is 5.56 Å².